The Labute approximate surface area is 134 Å². The van der Waals surface area contributed by atoms with Crippen molar-refractivity contribution >= 4 is 23.3 Å². The molecule has 0 radical (unpaired) electrons. The van der Waals surface area contributed by atoms with E-state index in [4.69, 9.17) is 20.9 Å². The van der Waals surface area contributed by atoms with Crippen LogP contribution in [0.2, 0.25) is 0 Å². The number of carbonyl (C=O) groups excluding carboxylic acids is 2. The number of methoxy groups -OCH3 is 2. The third kappa shape index (κ3) is 3.42. The van der Waals surface area contributed by atoms with Gasteiger partial charge in [0, 0.05) is 11.4 Å². The molecular weight excluding hydrogens is 296 g/mol. The Morgan fingerprint density at radius 3 is 2.00 bits per heavy atom. The van der Waals surface area contributed by atoms with E-state index in [0.717, 1.165) is 5.56 Å². The lowest BCUT2D eigenvalue weighted by atomic mass is 9.94. The van der Waals surface area contributed by atoms with Crippen molar-refractivity contribution < 1.29 is 19.1 Å². The summed E-state index contributed by atoms with van der Waals surface area (Å²) in [6.07, 6.45) is 0.426. The van der Waals surface area contributed by atoms with Gasteiger partial charge in [0.1, 0.15) is 0 Å². The second kappa shape index (κ2) is 6.83. The van der Waals surface area contributed by atoms with Crippen LogP contribution in [0.5, 0.6) is 0 Å². The largest absolute Gasteiger partial charge is 0.465 e. The van der Waals surface area contributed by atoms with Crippen LogP contribution in [-0.2, 0) is 15.9 Å². The molecule has 6 heteroatoms. The number of carbonyl (C=O) groups is 2. The molecule has 0 saturated heterocycles. The van der Waals surface area contributed by atoms with Gasteiger partial charge in [-0.2, -0.15) is 0 Å². The van der Waals surface area contributed by atoms with E-state index < -0.39 is 11.9 Å². The third-order valence-electron chi connectivity index (χ3n) is 3.48. The first-order valence-corrected chi connectivity index (χ1v) is 6.90. The standard InChI is InChI=1S/C17H18N2O4/c1-22-16(20)14-11(9-10-3-6-12(18)7-4-10)5-8-13(19)15(14)17(21)23-2/h3-8H,9,18-19H2,1-2H3. The molecule has 0 aliphatic carbocycles. The second-order valence-electron chi connectivity index (χ2n) is 4.97. The lowest BCUT2D eigenvalue weighted by molar-refractivity contribution is 0.0555. The number of esters is 2. The van der Waals surface area contributed by atoms with Gasteiger partial charge in [-0.3, -0.25) is 0 Å². The molecule has 4 N–H and O–H groups in total. The number of nitrogen functional groups attached to an aromatic ring is 2. The summed E-state index contributed by atoms with van der Waals surface area (Å²) < 4.78 is 9.53. The maximum Gasteiger partial charge on any atom is 0.340 e. The molecule has 120 valence electrons. The molecule has 0 aliphatic heterocycles. The van der Waals surface area contributed by atoms with Crippen molar-refractivity contribution in [3.8, 4) is 0 Å². The second-order valence-corrected chi connectivity index (χ2v) is 4.97. The van der Waals surface area contributed by atoms with Gasteiger partial charge >= 0.3 is 11.9 Å². The number of benzene rings is 2. The summed E-state index contributed by atoms with van der Waals surface area (Å²) in [6, 6.07) is 10.5. The van der Waals surface area contributed by atoms with Crippen molar-refractivity contribution in [2.75, 3.05) is 25.7 Å². The molecule has 0 bridgehead atoms. The highest BCUT2D eigenvalue weighted by atomic mass is 16.5. The van der Waals surface area contributed by atoms with Gasteiger partial charge in [-0.25, -0.2) is 9.59 Å². The first-order valence-electron chi connectivity index (χ1n) is 6.90. The Morgan fingerprint density at radius 1 is 0.870 bits per heavy atom. The Bertz CT molecular complexity index is 739. The van der Waals surface area contributed by atoms with Crippen molar-refractivity contribution in [3.05, 3.63) is 58.7 Å². The molecule has 2 rings (SSSR count). The normalized spacial score (nSPS) is 10.2. The summed E-state index contributed by atoms with van der Waals surface area (Å²) in [7, 11) is 2.48. The van der Waals surface area contributed by atoms with Crippen LogP contribution in [0.25, 0.3) is 0 Å². The molecule has 0 unspecified atom stereocenters. The number of ether oxygens (including phenoxy) is 2. The number of nitrogens with two attached hydrogens (primary N) is 2. The molecule has 2 aromatic carbocycles. The van der Waals surface area contributed by atoms with Gasteiger partial charge < -0.3 is 20.9 Å². The SMILES string of the molecule is COC(=O)c1c(N)ccc(Cc2ccc(N)cc2)c1C(=O)OC. The summed E-state index contributed by atoms with van der Waals surface area (Å²) in [5.74, 6) is -1.31. The van der Waals surface area contributed by atoms with Crippen LogP contribution in [0.15, 0.2) is 36.4 Å². The zero-order valence-electron chi connectivity index (χ0n) is 13.0. The van der Waals surface area contributed by atoms with E-state index in [1.165, 1.54) is 14.2 Å². The van der Waals surface area contributed by atoms with E-state index in [2.05, 4.69) is 0 Å². The number of hydrogen-bond acceptors (Lipinski definition) is 6. The van der Waals surface area contributed by atoms with Crippen LogP contribution in [0.4, 0.5) is 11.4 Å². The van der Waals surface area contributed by atoms with Crippen molar-refractivity contribution in [2.45, 2.75) is 6.42 Å². The highest BCUT2D eigenvalue weighted by Gasteiger charge is 2.25. The first kappa shape index (κ1) is 16.4. The van der Waals surface area contributed by atoms with Crippen LogP contribution < -0.4 is 11.5 Å². The third-order valence-corrected chi connectivity index (χ3v) is 3.48. The van der Waals surface area contributed by atoms with Gasteiger partial charge in [-0.1, -0.05) is 18.2 Å². The monoisotopic (exact) mass is 314 g/mol. The Morgan fingerprint density at radius 2 is 1.43 bits per heavy atom. The van der Waals surface area contributed by atoms with Crippen LogP contribution in [0.1, 0.15) is 31.8 Å². The van der Waals surface area contributed by atoms with Crippen molar-refractivity contribution in [3.63, 3.8) is 0 Å². The zero-order chi connectivity index (χ0) is 17.0. The van der Waals surface area contributed by atoms with Crippen LogP contribution in [0, 0.1) is 0 Å². The molecule has 0 aromatic heterocycles. The van der Waals surface area contributed by atoms with Gasteiger partial charge in [0.2, 0.25) is 0 Å². The van der Waals surface area contributed by atoms with Gasteiger partial charge in [0.25, 0.3) is 0 Å². The highest BCUT2D eigenvalue weighted by molar-refractivity contribution is 6.07. The minimum Gasteiger partial charge on any atom is -0.465 e. The van der Waals surface area contributed by atoms with Crippen molar-refractivity contribution in [1.82, 2.24) is 0 Å². The molecule has 0 spiro atoms. The molecule has 23 heavy (non-hydrogen) atoms. The number of rotatable bonds is 4. The zero-order valence-corrected chi connectivity index (χ0v) is 13.0. The molecular formula is C17H18N2O4. The van der Waals surface area contributed by atoms with E-state index in [0.29, 0.717) is 17.7 Å². The summed E-state index contributed by atoms with van der Waals surface area (Å²) >= 11 is 0. The highest BCUT2D eigenvalue weighted by Crippen LogP contribution is 2.25. The quantitative estimate of drug-likeness (QED) is 0.661. The molecule has 0 aliphatic rings. The van der Waals surface area contributed by atoms with E-state index in [-0.39, 0.29) is 16.8 Å². The molecule has 0 amide bonds. The molecule has 2 aromatic rings. The van der Waals surface area contributed by atoms with Crippen molar-refractivity contribution in [2.24, 2.45) is 0 Å². The maximum absolute atomic E-state index is 12.2. The number of anilines is 2. The summed E-state index contributed by atoms with van der Waals surface area (Å²) in [4.78, 5) is 24.2. The van der Waals surface area contributed by atoms with Crippen LogP contribution >= 0.6 is 0 Å². The average molecular weight is 314 g/mol. The Kier molecular flexibility index (Phi) is 4.85. The summed E-state index contributed by atoms with van der Waals surface area (Å²) in [6.45, 7) is 0. The maximum atomic E-state index is 12.2. The van der Waals surface area contributed by atoms with Gasteiger partial charge in [0.05, 0.1) is 25.3 Å². The minimum atomic E-state index is -0.679. The molecule has 0 saturated carbocycles. The molecule has 0 atom stereocenters. The average Bonchev–Trinajstić information content (AvgIpc) is 2.56. The Hall–Kier alpha value is -3.02. The lowest BCUT2D eigenvalue weighted by Crippen LogP contribution is -2.17. The number of hydrogen-bond donors (Lipinski definition) is 2. The van der Waals surface area contributed by atoms with Gasteiger partial charge in [-0.05, 0) is 35.7 Å². The van der Waals surface area contributed by atoms with E-state index in [1.54, 1.807) is 24.3 Å². The molecule has 0 heterocycles. The summed E-state index contributed by atoms with van der Waals surface area (Å²) in [5, 5.41) is 0. The van der Waals surface area contributed by atoms with E-state index in [9.17, 15) is 9.59 Å². The van der Waals surface area contributed by atoms with E-state index >= 15 is 0 Å². The smallest absolute Gasteiger partial charge is 0.340 e. The fraction of sp³-hybridized carbons (Fsp3) is 0.176. The van der Waals surface area contributed by atoms with E-state index in [1.807, 2.05) is 12.1 Å². The fourth-order valence-electron chi connectivity index (χ4n) is 2.32. The predicted molar refractivity (Wildman–Crippen MR) is 87.2 cm³/mol. The van der Waals surface area contributed by atoms with Crippen LogP contribution in [-0.4, -0.2) is 26.2 Å². The topological polar surface area (TPSA) is 105 Å². The van der Waals surface area contributed by atoms with Gasteiger partial charge in [-0.15, -0.1) is 0 Å². The predicted octanol–water partition coefficient (Wildman–Crippen LogP) is 2.02. The Balaban J connectivity index is 2.56. The van der Waals surface area contributed by atoms with Crippen molar-refractivity contribution in [1.29, 1.82) is 0 Å². The minimum absolute atomic E-state index is 0.0206. The fourth-order valence-corrected chi connectivity index (χ4v) is 2.32. The van der Waals surface area contributed by atoms with Gasteiger partial charge in [0.15, 0.2) is 0 Å². The van der Waals surface area contributed by atoms with Crippen LogP contribution in [0.3, 0.4) is 0 Å². The molecule has 0 fully saturated rings. The molecule has 6 nitrogen and oxygen atoms in total. The summed E-state index contributed by atoms with van der Waals surface area (Å²) in [5.41, 5.74) is 14.0. The first-order chi connectivity index (χ1) is 11.0. The lowest BCUT2D eigenvalue weighted by Gasteiger charge is -2.14.